The fourth-order valence-electron chi connectivity index (χ4n) is 2.33. The summed E-state index contributed by atoms with van der Waals surface area (Å²) in [6, 6.07) is 4.40. The molecule has 22 heavy (non-hydrogen) atoms. The first-order valence-corrected chi connectivity index (χ1v) is 8.60. The second-order valence-corrected chi connectivity index (χ2v) is 8.58. The summed E-state index contributed by atoms with van der Waals surface area (Å²) in [6.07, 6.45) is 0. The van der Waals surface area contributed by atoms with Crippen molar-refractivity contribution in [1.29, 1.82) is 0 Å². The number of hydrogen-bond acceptors (Lipinski definition) is 3. The van der Waals surface area contributed by atoms with Gasteiger partial charge >= 0.3 is 0 Å². The summed E-state index contributed by atoms with van der Waals surface area (Å²) < 4.78 is 19.2. The van der Waals surface area contributed by atoms with Gasteiger partial charge in [-0.2, -0.15) is 11.8 Å². The van der Waals surface area contributed by atoms with Crippen molar-refractivity contribution in [3.63, 3.8) is 0 Å². The number of rotatable bonds is 4. The van der Waals surface area contributed by atoms with E-state index in [2.05, 4.69) is 20.8 Å². The van der Waals surface area contributed by atoms with E-state index < -0.39 is 5.82 Å². The first kappa shape index (κ1) is 17.6. The van der Waals surface area contributed by atoms with Crippen LogP contribution in [-0.4, -0.2) is 41.1 Å². The van der Waals surface area contributed by atoms with Crippen LogP contribution in [0.15, 0.2) is 18.2 Å². The van der Waals surface area contributed by atoms with Gasteiger partial charge in [-0.15, -0.1) is 0 Å². The Morgan fingerprint density at radius 2 is 2.18 bits per heavy atom. The Bertz CT molecular complexity index is 547. The van der Waals surface area contributed by atoms with E-state index in [-0.39, 0.29) is 28.3 Å². The van der Waals surface area contributed by atoms with Crippen molar-refractivity contribution >= 4 is 29.3 Å². The minimum Gasteiger partial charge on any atom is -0.369 e. The van der Waals surface area contributed by atoms with Crippen LogP contribution in [0.2, 0.25) is 5.02 Å². The molecule has 1 amide bonds. The van der Waals surface area contributed by atoms with E-state index in [1.165, 1.54) is 12.1 Å². The molecule has 1 heterocycles. The van der Waals surface area contributed by atoms with Gasteiger partial charge in [0.15, 0.2) is 0 Å². The van der Waals surface area contributed by atoms with Crippen LogP contribution >= 0.6 is 23.4 Å². The number of amides is 1. The number of carbonyl (C=O) groups excluding carboxylic acids is 1. The SMILES string of the molecule is CC(C)(C)SCCN1C(=O)COCC1c1ccc(Cl)c(F)c1. The van der Waals surface area contributed by atoms with Crippen molar-refractivity contribution in [3.05, 3.63) is 34.6 Å². The molecule has 0 bridgehead atoms. The molecule has 1 aliphatic heterocycles. The number of benzene rings is 1. The van der Waals surface area contributed by atoms with Gasteiger partial charge < -0.3 is 9.64 Å². The number of ether oxygens (including phenoxy) is 1. The summed E-state index contributed by atoms with van der Waals surface area (Å²) in [5, 5.41) is 0.0849. The van der Waals surface area contributed by atoms with Gasteiger partial charge in [0.25, 0.3) is 0 Å². The number of nitrogens with zero attached hydrogens (tertiary/aromatic N) is 1. The maximum Gasteiger partial charge on any atom is 0.249 e. The maximum absolute atomic E-state index is 13.7. The van der Waals surface area contributed by atoms with Crippen molar-refractivity contribution in [2.24, 2.45) is 0 Å². The molecule has 3 nitrogen and oxygen atoms in total. The lowest BCUT2D eigenvalue weighted by atomic mass is 10.0. The minimum absolute atomic E-state index is 0.0545. The lowest BCUT2D eigenvalue weighted by Gasteiger charge is -2.36. The van der Waals surface area contributed by atoms with Crippen LogP contribution < -0.4 is 0 Å². The predicted octanol–water partition coefficient (Wildman–Crippen LogP) is 3.91. The lowest BCUT2D eigenvalue weighted by molar-refractivity contribution is -0.148. The Kier molecular flexibility index (Phi) is 5.75. The largest absolute Gasteiger partial charge is 0.369 e. The zero-order valence-electron chi connectivity index (χ0n) is 13.1. The molecule has 1 aromatic rings. The fraction of sp³-hybridized carbons (Fsp3) is 0.562. The summed E-state index contributed by atoms with van der Waals surface area (Å²) in [6.45, 7) is 7.53. The van der Waals surface area contributed by atoms with Gasteiger partial charge in [0, 0.05) is 17.0 Å². The molecule has 0 aliphatic carbocycles. The molecular weight excluding hydrogens is 325 g/mol. The molecule has 1 unspecified atom stereocenters. The molecule has 1 aromatic carbocycles. The van der Waals surface area contributed by atoms with E-state index >= 15 is 0 Å². The van der Waals surface area contributed by atoms with Crippen LogP contribution in [0.25, 0.3) is 0 Å². The summed E-state index contributed by atoms with van der Waals surface area (Å²) in [4.78, 5) is 13.9. The summed E-state index contributed by atoms with van der Waals surface area (Å²) in [7, 11) is 0. The van der Waals surface area contributed by atoms with Crippen molar-refractivity contribution in [3.8, 4) is 0 Å². The molecule has 0 radical (unpaired) electrons. The molecule has 1 aliphatic rings. The molecule has 1 fully saturated rings. The third-order valence-electron chi connectivity index (χ3n) is 3.39. The van der Waals surface area contributed by atoms with Gasteiger partial charge in [-0.3, -0.25) is 4.79 Å². The highest BCUT2D eigenvalue weighted by Gasteiger charge is 2.30. The van der Waals surface area contributed by atoms with E-state index in [0.29, 0.717) is 13.2 Å². The monoisotopic (exact) mass is 345 g/mol. The normalized spacial score (nSPS) is 19.6. The number of carbonyl (C=O) groups is 1. The van der Waals surface area contributed by atoms with Crippen LogP contribution in [0.5, 0.6) is 0 Å². The van der Waals surface area contributed by atoms with Gasteiger partial charge in [-0.25, -0.2) is 4.39 Å². The topological polar surface area (TPSA) is 29.5 Å². The van der Waals surface area contributed by atoms with E-state index in [1.54, 1.807) is 22.7 Å². The van der Waals surface area contributed by atoms with Crippen molar-refractivity contribution < 1.29 is 13.9 Å². The van der Waals surface area contributed by atoms with Crippen LogP contribution in [-0.2, 0) is 9.53 Å². The Morgan fingerprint density at radius 3 is 2.82 bits per heavy atom. The van der Waals surface area contributed by atoms with Gasteiger partial charge in [-0.1, -0.05) is 38.4 Å². The molecule has 2 rings (SSSR count). The Hall–Kier alpha value is -0.780. The zero-order valence-corrected chi connectivity index (χ0v) is 14.6. The molecule has 0 N–H and O–H groups in total. The minimum atomic E-state index is -0.471. The smallest absolute Gasteiger partial charge is 0.249 e. The van der Waals surface area contributed by atoms with Crippen LogP contribution in [0.1, 0.15) is 32.4 Å². The second-order valence-electron chi connectivity index (χ2n) is 6.25. The van der Waals surface area contributed by atoms with E-state index in [1.807, 2.05) is 0 Å². The number of hydrogen-bond donors (Lipinski definition) is 0. The van der Waals surface area contributed by atoms with Gasteiger partial charge in [-0.05, 0) is 17.7 Å². The molecule has 0 aromatic heterocycles. The molecule has 122 valence electrons. The second kappa shape index (κ2) is 7.20. The number of thioether (sulfide) groups is 1. The number of morpholine rings is 1. The van der Waals surface area contributed by atoms with Crippen molar-refractivity contribution in [2.75, 3.05) is 25.5 Å². The molecule has 0 spiro atoms. The highest BCUT2D eigenvalue weighted by molar-refractivity contribution is 8.00. The molecule has 1 atom stereocenters. The number of halogens is 2. The standard InChI is InChI=1S/C16H21ClFNO2S/c1-16(2,3)22-7-6-19-14(9-21-10-15(19)20)11-4-5-12(17)13(18)8-11/h4-5,8,14H,6-7,9-10H2,1-3H3. The Morgan fingerprint density at radius 1 is 1.45 bits per heavy atom. The van der Waals surface area contributed by atoms with Crippen molar-refractivity contribution in [1.82, 2.24) is 4.90 Å². The van der Waals surface area contributed by atoms with Crippen molar-refractivity contribution in [2.45, 2.75) is 31.6 Å². The Labute approximate surface area is 140 Å². The van der Waals surface area contributed by atoms with Crippen LogP contribution in [0.3, 0.4) is 0 Å². The van der Waals surface area contributed by atoms with Crippen LogP contribution in [0.4, 0.5) is 4.39 Å². The highest BCUT2D eigenvalue weighted by Crippen LogP contribution is 2.29. The third kappa shape index (κ3) is 4.61. The van der Waals surface area contributed by atoms with E-state index in [0.717, 1.165) is 11.3 Å². The molecule has 1 saturated heterocycles. The average molecular weight is 346 g/mol. The highest BCUT2D eigenvalue weighted by atomic mass is 35.5. The van der Waals surface area contributed by atoms with Gasteiger partial charge in [0.1, 0.15) is 12.4 Å². The Balaban J connectivity index is 2.12. The summed E-state index contributed by atoms with van der Waals surface area (Å²) >= 11 is 7.53. The zero-order chi connectivity index (χ0) is 16.3. The first-order chi connectivity index (χ1) is 10.3. The van der Waals surface area contributed by atoms with Gasteiger partial charge in [0.05, 0.1) is 17.7 Å². The summed E-state index contributed by atoms with van der Waals surface area (Å²) in [5.41, 5.74) is 0.718. The molecular formula is C16H21ClFNO2S. The van der Waals surface area contributed by atoms with E-state index in [9.17, 15) is 9.18 Å². The summed E-state index contributed by atoms with van der Waals surface area (Å²) in [5.74, 6) is 0.310. The third-order valence-corrected chi connectivity index (χ3v) is 4.95. The average Bonchev–Trinajstić information content (AvgIpc) is 2.42. The fourth-order valence-corrected chi connectivity index (χ4v) is 3.35. The van der Waals surface area contributed by atoms with Gasteiger partial charge in [0.2, 0.25) is 5.91 Å². The molecule has 6 heteroatoms. The van der Waals surface area contributed by atoms with E-state index in [4.69, 9.17) is 16.3 Å². The quantitative estimate of drug-likeness (QED) is 0.828. The maximum atomic E-state index is 13.7. The first-order valence-electron chi connectivity index (χ1n) is 7.24. The van der Waals surface area contributed by atoms with Crippen LogP contribution in [0, 0.1) is 5.82 Å². The predicted molar refractivity (Wildman–Crippen MR) is 88.9 cm³/mol. The lowest BCUT2D eigenvalue weighted by Crippen LogP contribution is -2.45. The molecule has 0 saturated carbocycles.